The van der Waals surface area contributed by atoms with Crippen LogP contribution < -0.4 is 5.32 Å². The van der Waals surface area contributed by atoms with Crippen LogP contribution in [0.5, 0.6) is 0 Å². The lowest BCUT2D eigenvalue weighted by Crippen LogP contribution is -2.35. The Kier molecular flexibility index (Phi) is 4.28. The Morgan fingerprint density at radius 1 is 1.05 bits per heavy atom. The van der Waals surface area contributed by atoms with E-state index in [2.05, 4.69) is 57.4 Å². The molecule has 1 aliphatic heterocycles. The average Bonchev–Trinajstić information content (AvgIpc) is 3.24. The van der Waals surface area contributed by atoms with Crippen molar-refractivity contribution in [3.05, 3.63) is 58.3 Å². The molecule has 1 aromatic carbocycles. The van der Waals surface area contributed by atoms with E-state index in [9.17, 15) is 0 Å². The van der Waals surface area contributed by atoms with Crippen molar-refractivity contribution in [3.8, 4) is 0 Å². The molecule has 0 bridgehead atoms. The van der Waals surface area contributed by atoms with E-state index < -0.39 is 0 Å². The van der Waals surface area contributed by atoms with Gasteiger partial charge in [0.05, 0.1) is 0 Å². The van der Waals surface area contributed by atoms with E-state index in [1.54, 1.807) is 11.3 Å². The van der Waals surface area contributed by atoms with Crippen LogP contribution in [0.4, 0.5) is 0 Å². The molecular weight excluding hydrogens is 288 g/mol. The first-order chi connectivity index (χ1) is 10.9. The maximum absolute atomic E-state index is 3.82. The largest absolute Gasteiger partial charge is 0.310 e. The number of hydrogen-bond donors (Lipinski definition) is 1. The van der Waals surface area contributed by atoms with Gasteiger partial charge in [0.15, 0.2) is 0 Å². The predicted molar refractivity (Wildman–Crippen MR) is 92.9 cm³/mol. The standard InChI is InChI=1S/C19H24N2S/c1-2-4-15(5-3-1)11-21-12-17-6-7-19(18(17)13-21)20-10-16-8-9-22-14-16/h1-5,8-9,14,17-20H,6-7,10-13H2. The smallest absolute Gasteiger partial charge is 0.0233 e. The van der Waals surface area contributed by atoms with Gasteiger partial charge in [-0.2, -0.15) is 11.3 Å². The fourth-order valence-electron chi connectivity index (χ4n) is 4.22. The van der Waals surface area contributed by atoms with E-state index in [-0.39, 0.29) is 0 Å². The Balaban J connectivity index is 1.33. The maximum atomic E-state index is 3.82. The topological polar surface area (TPSA) is 15.3 Å². The van der Waals surface area contributed by atoms with Crippen LogP contribution in [0, 0.1) is 11.8 Å². The lowest BCUT2D eigenvalue weighted by molar-refractivity contribution is 0.288. The molecule has 2 aliphatic rings. The molecule has 0 radical (unpaired) electrons. The summed E-state index contributed by atoms with van der Waals surface area (Å²) in [5.74, 6) is 1.76. The third-order valence-corrected chi connectivity index (χ3v) is 6.06. The molecule has 4 rings (SSSR count). The Bertz CT molecular complexity index is 581. The lowest BCUT2D eigenvalue weighted by atomic mass is 9.98. The number of rotatable bonds is 5. The molecule has 0 spiro atoms. The second-order valence-electron chi connectivity index (χ2n) is 6.80. The van der Waals surface area contributed by atoms with Crippen LogP contribution in [0.1, 0.15) is 24.0 Å². The van der Waals surface area contributed by atoms with Crippen LogP contribution in [-0.2, 0) is 13.1 Å². The normalized spacial score (nSPS) is 28.1. The molecule has 1 saturated carbocycles. The summed E-state index contributed by atoms with van der Waals surface area (Å²) >= 11 is 1.79. The van der Waals surface area contributed by atoms with Gasteiger partial charge in [0, 0.05) is 32.2 Å². The quantitative estimate of drug-likeness (QED) is 0.904. The van der Waals surface area contributed by atoms with Gasteiger partial charge < -0.3 is 5.32 Å². The van der Waals surface area contributed by atoms with Crippen molar-refractivity contribution in [3.63, 3.8) is 0 Å². The van der Waals surface area contributed by atoms with Crippen molar-refractivity contribution in [1.29, 1.82) is 0 Å². The van der Waals surface area contributed by atoms with Crippen LogP contribution in [0.2, 0.25) is 0 Å². The van der Waals surface area contributed by atoms with Crippen molar-refractivity contribution in [2.24, 2.45) is 11.8 Å². The summed E-state index contributed by atoms with van der Waals surface area (Å²) in [6.45, 7) is 4.71. The number of nitrogens with zero attached hydrogens (tertiary/aromatic N) is 1. The number of benzene rings is 1. The summed E-state index contributed by atoms with van der Waals surface area (Å²) in [7, 11) is 0. The first-order valence-electron chi connectivity index (χ1n) is 8.39. The molecular formula is C19H24N2S. The highest BCUT2D eigenvalue weighted by Crippen LogP contribution is 2.38. The fourth-order valence-corrected chi connectivity index (χ4v) is 4.89. The van der Waals surface area contributed by atoms with E-state index in [0.717, 1.165) is 24.9 Å². The van der Waals surface area contributed by atoms with Gasteiger partial charge in [0.1, 0.15) is 0 Å². The Morgan fingerprint density at radius 2 is 1.95 bits per heavy atom. The number of thiophene rings is 1. The summed E-state index contributed by atoms with van der Waals surface area (Å²) in [6.07, 6.45) is 2.76. The zero-order chi connectivity index (χ0) is 14.8. The molecule has 1 saturated heterocycles. The van der Waals surface area contributed by atoms with E-state index >= 15 is 0 Å². The van der Waals surface area contributed by atoms with Crippen LogP contribution in [0.25, 0.3) is 0 Å². The van der Waals surface area contributed by atoms with E-state index in [0.29, 0.717) is 6.04 Å². The van der Waals surface area contributed by atoms with Gasteiger partial charge in [-0.15, -0.1) is 0 Å². The van der Waals surface area contributed by atoms with Crippen LogP contribution in [0.15, 0.2) is 47.2 Å². The molecule has 1 N–H and O–H groups in total. The minimum Gasteiger partial charge on any atom is -0.310 e. The zero-order valence-corrected chi connectivity index (χ0v) is 13.8. The fraction of sp³-hybridized carbons (Fsp3) is 0.474. The number of nitrogens with one attached hydrogen (secondary N) is 1. The monoisotopic (exact) mass is 312 g/mol. The Morgan fingerprint density at radius 3 is 2.77 bits per heavy atom. The van der Waals surface area contributed by atoms with Crippen LogP contribution >= 0.6 is 11.3 Å². The molecule has 3 heteroatoms. The highest BCUT2D eigenvalue weighted by molar-refractivity contribution is 7.07. The number of fused-ring (bicyclic) bond motifs is 1. The van der Waals surface area contributed by atoms with E-state index in [1.807, 2.05) is 0 Å². The minimum absolute atomic E-state index is 0.714. The molecule has 2 fully saturated rings. The van der Waals surface area contributed by atoms with Crippen molar-refractivity contribution in [2.45, 2.75) is 32.0 Å². The zero-order valence-electron chi connectivity index (χ0n) is 12.9. The van der Waals surface area contributed by atoms with Crippen molar-refractivity contribution >= 4 is 11.3 Å². The Labute approximate surface area is 137 Å². The number of hydrogen-bond acceptors (Lipinski definition) is 3. The third-order valence-electron chi connectivity index (χ3n) is 5.33. The molecule has 116 valence electrons. The minimum atomic E-state index is 0.714. The van der Waals surface area contributed by atoms with Crippen molar-refractivity contribution < 1.29 is 0 Å². The van der Waals surface area contributed by atoms with Crippen molar-refractivity contribution in [1.82, 2.24) is 10.2 Å². The molecule has 0 amide bonds. The highest BCUT2D eigenvalue weighted by atomic mass is 32.1. The van der Waals surface area contributed by atoms with Gasteiger partial charge in [-0.3, -0.25) is 4.90 Å². The molecule has 1 aliphatic carbocycles. The van der Waals surface area contributed by atoms with E-state index in [1.165, 1.54) is 37.1 Å². The summed E-state index contributed by atoms with van der Waals surface area (Å²) < 4.78 is 0. The second kappa shape index (κ2) is 6.53. The first-order valence-corrected chi connectivity index (χ1v) is 9.33. The van der Waals surface area contributed by atoms with Gasteiger partial charge in [-0.25, -0.2) is 0 Å². The summed E-state index contributed by atoms with van der Waals surface area (Å²) in [5.41, 5.74) is 2.89. The summed E-state index contributed by atoms with van der Waals surface area (Å²) in [5, 5.41) is 8.25. The molecule has 1 aromatic heterocycles. The summed E-state index contributed by atoms with van der Waals surface area (Å²) in [6, 6.07) is 13.9. The third kappa shape index (κ3) is 3.12. The molecule has 2 aromatic rings. The number of likely N-dealkylation sites (tertiary alicyclic amines) is 1. The van der Waals surface area contributed by atoms with Gasteiger partial charge in [-0.05, 0) is 52.6 Å². The second-order valence-corrected chi connectivity index (χ2v) is 7.58. The molecule has 22 heavy (non-hydrogen) atoms. The molecule has 2 nitrogen and oxygen atoms in total. The van der Waals surface area contributed by atoms with E-state index in [4.69, 9.17) is 0 Å². The predicted octanol–water partition coefficient (Wildman–Crippen LogP) is 3.75. The van der Waals surface area contributed by atoms with Crippen molar-refractivity contribution in [2.75, 3.05) is 13.1 Å². The van der Waals surface area contributed by atoms with Gasteiger partial charge in [-0.1, -0.05) is 30.3 Å². The molecule has 3 unspecified atom stereocenters. The summed E-state index contributed by atoms with van der Waals surface area (Å²) in [4.78, 5) is 2.66. The van der Waals surface area contributed by atoms with Crippen LogP contribution in [-0.4, -0.2) is 24.0 Å². The Hall–Kier alpha value is -1.16. The first kappa shape index (κ1) is 14.4. The average molecular weight is 312 g/mol. The SMILES string of the molecule is c1ccc(CN2CC3CCC(NCc4ccsc4)C3C2)cc1. The maximum Gasteiger partial charge on any atom is 0.0233 e. The molecule has 2 heterocycles. The van der Waals surface area contributed by atoms with Crippen LogP contribution in [0.3, 0.4) is 0 Å². The van der Waals surface area contributed by atoms with Gasteiger partial charge >= 0.3 is 0 Å². The van der Waals surface area contributed by atoms with Gasteiger partial charge in [0.2, 0.25) is 0 Å². The lowest BCUT2D eigenvalue weighted by Gasteiger charge is -2.21. The highest BCUT2D eigenvalue weighted by Gasteiger charge is 2.42. The molecule has 3 atom stereocenters. The van der Waals surface area contributed by atoms with Gasteiger partial charge in [0.25, 0.3) is 0 Å².